The van der Waals surface area contributed by atoms with E-state index in [1.165, 1.54) is 5.56 Å². The zero-order valence-electron chi connectivity index (χ0n) is 14.5. The Morgan fingerprint density at radius 2 is 1.60 bits per heavy atom. The first-order valence-corrected chi connectivity index (χ1v) is 9.33. The van der Waals surface area contributed by atoms with Crippen LogP contribution in [-0.4, -0.2) is 30.5 Å². The van der Waals surface area contributed by atoms with Crippen LogP contribution in [0.2, 0.25) is 0 Å². The molecule has 130 valence electrons. The van der Waals surface area contributed by atoms with Crippen molar-refractivity contribution in [3.05, 3.63) is 66.2 Å². The molecule has 0 radical (unpaired) electrons. The van der Waals surface area contributed by atoms with Crippen molar-refractivity contribution in [3.8, 4) is 5.75 Å². The molecule has 2 aromatic carbocycles. The molecule has 0 spiro atoms. The van der Waals surface area contributed by atoms with Crippen LogP contribution >= 0.6 is 0 Å². The number of carbonyl (C=O) groups is 1. The SMILES string of the molecule is O=C([C@@H]1C[C@H]1COc1ccccc1)N1CCC(c2ccccc2)CC1. The van der Waals surface area contributed by atoms with Gasteiger partial charge in [0.15, 0.2) is 0 Å². The van der Waals surface area contributed by atoms with Gasteiger partial charge in [-0.15, -0.1) is 0 Å². The molecule has 1 saturated heterocycles. The lowest BCUT2D eigenvalue weighted by Crippen LogP contribution is -2.39. The first kappa shape index (κ1) is 16.2. The predicted octanol–water partition coefficient (Wildman–Crippen LogP) is 4.11. The van der Waals surface area contributed by atoms with E-state index >= 15 is 0 Å². The predicted molar refractivity (Wildman–Crippen MR) is 98.5 cm³/mol. The Hall–Kier alpha value is -2.29. The molecule has 0 N–H and O–H groups in total. The number of benzene rings is 2. The molecule has 2 atom stereocenters. The average molecular weight is 335 g/mol. The van der Waals surface area contributed by atoms with Crippen LogP contribution in [0.15, 0.2) is 60.7 Å². The van der Waals surface area contributed by atoms with Crippen LogP contribution < -0.4 is 4.74 Å². The second-order valence-corrected chi connectivity index (χ2v) is 7.24. The highest BCUT2D eigenvalue weighted by Crippen LogP contribution is 2.41. The molecular weight excluding hydrogens is 310 g/mol. The van der Waals surface area contributed by atoms with E-state index in [4.69, 9.17) is 4.74 Å². The maximum absolute atomic E-state index is 12.7. The molecule has 4 rings (SSSR count). The van der Waals surface area contributed by atoms with Gasteiger partial charge in [-0.25, -0.2) is 0 Å². The van der Waals surface area contributed by atoms with E-state index in [0.717, 1.165) is 38.1 Å². The lowest BCUT2D eigenvalue weighted by molar-refractivity contribution is -0.134. The highest BCUT2D eigenvalue weighted by atomic mass is 16.5. The highest BCUT2D eigenvalue weighted by molar-refractivity contribution is 5.81. The van der Waals surface area contributed by atoms with E-state index in [9.17, 15) is 4.79 Å². The fourth-order valence-corrected chi connectivity index (χ4v) is 3.85. The van der Waals surface area contributed by atoms with Crippen molar-refractivity contribution in [2.24, 2.45) is 11.8 Å². The third-order valence-corrected chi connectivity index (χ3v) is 5.52. The smallest absolute Gasteiger partial charge is 0.226 e. The molecule has 0 bridgehead atoms. The first-order valence-electron chi connectivity index (χ1n) is 9.33. The van der Waals surface area contributed by atoms with Gasteiger partial charge < -0.3 is 9.64 Å². The van der Waals surface area contributed by atoms with Crippen molar-refractivity contribution in [1.29, 1.82) is 0 Å². The number of amides is 1. The number of nitrogens with zero attached hydrogens (tertiary/aromatic N) is 1. The number of hydrogen-bond acceptors (Lipinski definition) is 2. The molecule has 2 aliphatic rings. The van der Waals surface area contributed by atoms with Gasteiger partial charge in [0.1, 0.15) is 5.75 Å². The molecule has 2 fully saturated rings. The average Bonchev–Trinajstić information content (AvgIpc) is 3.47. The van der Waals surface area contributed by atoms with Gasteiger partial charge in [-0.3, -0.25) is 4.79 Å². The zero-order valence-corrected chi connectivity index (χ0v) is 14.5. The van der Waals surface area contributed by atoms with Crippen LogP contribution in [0, 0.1) is 11.8 Å². The Bertz CT molecular complexity index is 692. The Morgan fingerprint density at radius 3 is 2.28 bits per heavy atom. The largest absolute Gasteiger partial charge is 0.493 e. The minimum atomic E-state index is 0.178. The van der Waals surface area contributed by atoms with Gasteiger partial charge in [-0.2, -0.15) is 0 Å². The normalized spacial score (nSPS) is 23.3. The summed E-state index contributed by atoms with van der Waals surface area (Å²) in [5.74, 6) is 2.40. The Labute approximate surface area is 149 Å². The topological polar surface area (TPSA) is 29.5 Å². The van der Waals surface area contributed by atoms with Crippen molar-refractivity contribution in [1.82, 2.24) is 4.90 Å². The van der Waals surface area contributed by atoms with Crippen molar-refractivity contribution < 1.29 is 9.53 Å². The number of rotatable bonds is 5. The molecule has 3 heteroatoms. The van der Waals surface area contributed by atoms with Crippen LogP contribution in [0.1, 0.15) is 30.7 Å². The van der Waals surface area contributed by atoms with Gasteiger partial charge in [0.2, 0.25) is 5.91 Å². The monoisotopic (exact) mass is 335 g/mol. The molecule has 2 aromatic rings. The van der Waals surface area contributed by atoms with Gasteiger partial charge in [0.05, 0.1) is 6.61 Å². The molecule has 1 saturated carbocycles. The summed E-state index contributed by atoms with van der Waals surface area (Å²) in [5, 5.41) is 0. The summed E-state index contributed by atoms with van der Waals surface area (Å²) in [6.07, 6.45) is 3.13. The summed E-state index contributed by atoms with van der Waals surface area (Å²) in [4.78, 5) is 14.8. The van der Waals surface area contributed by atoms with E-state index in [-0.39, 0.29) is 5.92 Å². The van der Waals surface area contributed by atoms with Crippen LogP contribution in [0.25, 0.3) is 0 Å². The van der Waals surface area contributed by atoms with E-state index in [1.807, 2.05) is 30.3 Å². The number of carbonyl (C=O) groups excluding carboxylic acids is 1. The molecule has 0 aromatic heterocycles. The minimum absolute atomic E-state index is 0.178. The summed E-state index contributed by atoms with van der Waals surface area (Å²) in [6.45, 7) is 2.43. The fourth-order valence-electron chi connectivity index (χ4n) is 3.85. The number of ether oxygens (including phenoxy) is 1. The van der Waals surface area contributed by atoms with Crippen LogP contribution in [0.3, 0.4) is 0 Å². The van der Waals surface area contributed by atoms with Crippen molar-refractivity contribution in [3.63, 3.8) is 0 Å². The second kappa shape index (κ2) is 7.30. The summed E-state index contributed by atoms with van der Waals surface area (Å²) in [5.41, 5.74) is 1.41. The third kappa shape index (κ3) is 3.87. The Morgan fingerprint density at radius 1 is 0.960 bits per heavy atom. The lowest BCUT2D eigenvalue weighted by Gasteiger charge is -2.32. The number of likely N-dealkylation sites (tertiary alicyclic amines) is 1. The lowest BCUT2D eigenvalue weighted by atomic mass is 9.89. The summed E-state index contributed by atoms with van der Waals surface area (Å²) < 4.78 is 5.80. The molecular formula is C22H25NO2. The van der Waals surface area contributed by atoms with Gasteiger partial charge in [0.25, 0.3) is 0 Å². The number of hydrogen-bond donors (Lipinski definition) is 0. The second-order valence-electron chi connectivity index (χ2n) is 7.24. The van der Waals surface area contributed by atoms with Gasteiger partial charge in [0, 0.05) is 24.9 Å². The molecule has 3 nitrogen and oxygen atoms in total. The highest BCUT2D eigenvalue weighted by Gasteiger charge is 2.45. The van der Waals surface area contributed by atoms with E-state index < -0.39 is 0 Å². The standard InChI is InChI=1S/C22H25NO2/c24-22(21-15-19(21)16-25-20-9-5-2-6-10-20)23-13-11-18(12-14-23)17-7-3-1-4-8-17/h1-10,18-19,21H,11-16H2/t19-,21+/m0/s1. The molecule has 1 aliphatic carbocycles. The van der Waals surface area contributed by atoms with Crippen LogP contribution in [0.4, 0.5) is 0 Å². The third-order valence-electron chi connectivity index (χ3n) is 5.52. The molecule has 1 heterocycles. The minimum Gasteiger partial charge on any atom is -0.493 e. The van der Waals surface area contributed by atoms with E-state index in [0.29, 0.717) is 24.3 Å². The molecule has 0 unspecified atom stereocenters. The fraction of sp³-hybridized carbons (Fsp3) is 0.409. The Kier molecular flexibility index (Phi) is 4.73. The maximum Gasteiger partial charge on any atom is 0.226 e. The summed E-state index contributed by atoms with van der Waals surface area (Å²) >= 11 is 0. The van der Waals surface area contributed by atoms with E-state index in [2.05, 4.69) is 35.2 Å². The van der Waals surface area contributed by atoms with Crippen molar-refractivity contribution in [2.75, 3.05) is 19.7 Å². The summed E-state index contributed by atoms with van der Waals surface area (Å²) in [7, 11) is 0. The molecule has 1 aliphatic heterocycles. The van der Waals surface area contributed by atoms with Gasteiger partial charge in [-0.1, -0.05) is 48.5 Å². The maximum atomic E-state index is 12.7. The van der Waals surface area contributed by atoms with Gasteiger partial charge >= 0.3 is 0 Å². The molecule has 25 heavy (non-hydrogen) atoms. The Balaban J connectivity index is 1.23. The van der Waals surface area contributed by atoms with E-state index in [1.54, 1.807) is 0 Å². The zero-order chi connectivity index (χ0) is 17.1. The van der Waals surface area contributed by atoms with Crippen molar-refractivity contribution >= 4 is 5.91 Å². The van der Waals surface area contributed by atoms with Crippen LogP contribution in [-0.2, 0) is 4.79 Å². The van der Waals surface area contributed by atoms with Crippen molar-refractivity contribution in [2.45, 2.75) is 25.2 Å². The van der Waals surface area contributed by atoms with Crippen LogP contribution in [0.5, 0.6) is 5.75 Å². The summed E-state index contributed by atoms with van der Waals surface area (Å²) in [6, 6.07) is 20.6. The first-order chi connectivity index (χ1) is 12.3. The number of piperidine rings is 1. The quantitative estimate of drug-likeness (QED) is 0.823. The number of para-hydroxylation sites is 1. The molecule has 1 amide bonds. The van der Waals surface area contributed by atoms with Gasteiger partial charge in [-0.05, 0) is 42.9 Å².